The van der Waals surface area contributed by atoms with Gasteiger partial charge >= 0.3 is 0 Å². The van der Waals surface area contributed by atoms with Crippen molar-refractivity contribution in [1.82, 2.24) is 0 Å². The van der Waals surface area contributed by atoms with E-state index >= 15 is 0 Å². The van der Waals surface area contributed by atoms with Crippen LogP contribution in [0.3, 0.4) is 0 Å². The maximum Gasteiger partial charge on any atom is 0.166 e. The summed E-state index contributed by atoms with van der Waals surface area (Å²) in [5.41, 5.74) is 2.37. The van der Waals surface area contributed by atoms with Crippen LogP contribution in [0.15, 0.2) is 42.5 Å². The molecule has 2 rings (SSSR count). The number of carbonyl (C=O) groups excluding carboxylic acids is 1. The van der Waals surface area contributed by atoms with Crippen molar-refractivity contribution in [2.24, 2.45) is 0 Å². The number of carbonyl (C=O) groups is 1. The van der Waals surface area contributed by atoms with Gasteiger partial charge in [-0.1, -0.05) is 35.9 Å². The van der Waals surface area contributed by atoms with Gasteiger partial charge in [-0.15, -0.1) is 0 Å². The predicted molar refractivity (Wildman–Crippen MR) is 75.2 cm³/mol. The molecule has 19 heavy (non-hydrogen) atoms. The van der Waals surface area contributed by atoms with Gasteiger partial charge < -0.3 is 0 Å². The van der Waals surface area contributed by atoms with Gasteiger partial charge in [0, 0.05) is 11.4 Å². The fourth-order valence-electron chi connectivity index (χ4n) is 1.99. The molecule has 0 N–H and O–H groups in total. The highest BCUT2D eigenvalue weighted by Gasteiger charge is 2.12. The second kappa shape index (κ2) is 5.98. The fraction of sp³-hybridized carbons (Fsp3) is 0.188. The second-order valence-corrected chi connectivity index (χ2v) is 4.91. The van der Waals surface area contributed by atoms with Gasteiger partial charge in [0.25, 0.3) is 0 Å². The molecule has 0 spiro atoms. The number of ketones is 1. The fourth-order valence-corrected chi connectivity index (χ4v) is 2.15. The van der Waals surface area contributed by atoms with Crippen LogP contribution in [0.25, 0.3) is 0 Å². The summed E-state index contributed by atoms with van der Waals surface area (Å²) in [5.74, 6) is -0.750. The van der Waals surface area contributed by atoms with Crippen LogP contribution >= 0.6 is 11.6 Å². The Hall–Kier alpha value is -1.67. The Morgan fingerprint density at radius 1 is 1.21 bits per heavy atom. The van der Waals surface area contributed by atoms with Crippen LogP contribution in [0.1, 0.15) is 27.9 Å². The van der Waals surface area contributed by atoms with E-state index in [4.69, 9.17) is 11.6 Å². The molecule has 0 amide bonds. The molecule has 0 bridgehead atoms. The zero-order chi connectivity index (χ0) is 13.8. The van der Waals surface area contributed by atoms with Crippen LogP contribution in [0.5, 0.6) is 0 Å². The number of hydrogen-bond donors (Lipinski definition) is 0. The molecule has 0 aliphatic carbocycles. The summed E-state index contributed by atoms with van der Waals surface area (Å²) in [6.45, 7) is 2.00. The van der Waals surface area contributed by atoms with E-state index in [2.05, 4.69) is 0 Å². The third-order valence-corrected chi connectivity index (χ3v) is 3.35. The first-order valence-corrected chi connectivity index (χ1v) is 6.48. The highest BCUT2D eigenvalue weighted by Crippen LogP contribution is 2.17. The van der Waals surface area contributed by atoms with Gasteiger partial charge in [-0.3, -0.25) is 4.79 Å². The van der Waals surface area contributed by atoms with Gasteiger partial charge in [0.2, 0.25) is 0 Å². The van der Waals surface area contributed by atoms with Crippen LogP contribution in [0.2, 0.25) is 5.02 Å². The molecular weight excluding hydrogens is 263 g/mol. The van der Waals surface area contributed by atoms with Gasteiger partial charge in [0.05, 0.1) is 5.56 Å². The summed E-state index contributed by atoms with van der Waals surface area (Å²) in [6, 6.07) is 12.0. The quantitative estimate of drug-likeness (QED) is 0.746. The largest absolute Gasteiger partial charge is 0.294 e. The molecular formula is C16H14ClFO. The maximum atomic E-state index is 13.6. The minimum absolute atomic E-state index is 0.109. The molecule has 0 aromatic heterocycles. The molecule has 0 aliphatic rings. The van der Waals surface area contributed by atoms with Crippen LogP contribution in [-0.4, -0.2) is 5.78 Å². The molecule has 0 heterocycles. The van der Waals surface area contributed by atoms with Gasteiger partial charge in [-0.05, 0) is 42.7 Å². The van der Waals surface area contributed by atoms with E-state index in [1.807, 2.05) is 31.2 Å². The lowest BCUT2D eigenvalue weighted by Crippen LogP contribution is -2.04. The second-order valence-electron chi connectivity index (χ2n) is 4.47. The summed E-state index contributed by atoms with van der Waals surface area (Å²) in [6.07, 6.45) is 0.914. The van der Waals surface area contributed by atoms with Gasteiger partial charge in [0.1, 0.15) is 5.82 Å². The average molecular weight is 277 g/mol. The average Bonchev–Trinajstić information content (AvgIpc) is 2.37. The van der Waals surface area contributed by atoms with Crippen molar-refractivity contribution in [2.45, 2.75) is 19.8 Å². The first-order valence-electron chi connectivity index (χ1n) is 6.10. The summed E-state index contributed by atoms with van der Waals surface area (Å²) in [7, 11) is 0. The van der Waals surface area contributed by atoms with Crippen LogP contribution in [-0.2, 0) is 6.42 Å². The summed E-state index contributed by atoms with van der Waals surface area (Å²) < 4.78 is 13.6. The normalized spacial score (nSPS) is 10.5. The van der Waals surface area contributed by atoms with Crippen LogP contribution in [0.4, 0.5) is 4.39 Å². The van der Waals surface area contributed by atoms with E-state index in [1.165, 1.54) is 18.2 Å². The molecule has 0 aliphatic heterocycles. The zero-order valence-corrected chi connectivity index (χ0v) is 11.4. The number of benzene rings is 2. The van der Waals surface area contributed by atoms with E-state index in [-0.39, 0.29) is 11.3 Å². The Balaban J connectivity index is 2.08. The Labute approximate surface area is 117 Å². The van der Waals surface area contributed by atoms with Crippen LogP contribution < -0.4 is 0 Å². The topological polar surface area (TPSA) is 17.1 Å². The SMILES string of the molecule is Cc1ccccc1CCC(=O)c1ccc(Cl)cc1F. The number of rotatable bonds is 4. The molecule has 0 radical (unpaired) electrons. The Kier molecular flexibility index (Phi) is 4.33. The lowest BCUT2D eigenvalue weighted by Gasteiger charge is -2.06. The molecule has 0 saturated carbocycles. The van der Waals surface area contributed by atoms with Crippen molar-refractivity contribution < 1.29 is 9.18 Å². The lowest BCUT2D eigenvalue weighted by atomic mass is 9.99. The summed E-state index contributed by atoms with van der Waals surface area (Å²) in [5, 5.41) is 0.299. The minimum atomic E-state index is -0.553. The number of halogens is 2. The molecule has 0 atom stereocenters. The Morgan fingerprint density at radius 3 is 2.63 bits per heavy atom. The van der Waals surface area contributed by atoms with Crippen LogP contribution in [0, 0.1) is 12.7 Å². The minimum Gasteiger partial charge on any atom is -0.294 e. The number of hydrogen-bond acceptors (Lipinski definition) is 1. The summed E-state index contributed by atoms with van der Waals surface area (Å²) in [4.78, 5) is 12.0. The van der Waals surface area contributed by atoms with E-state index in [1.54, 1.807) is 0 Å². The number of aryl methyl sites for hydroxylation is 2. The van der Waals surface area contributed by atoms with E-state index in [9.17, 15) is 9.18 Å². The first kappa shape index (κ1) is 13.8. The van der Waals surface area contributed by atoms with E-state index < -0.39 is 5.82 Å². The van der Waals surface area contributed by atoms with Crippen molar-refractivity contribution in [3.8, 4) is 0 Å². The molecule has 2 aromatic rings. The lowest BCUT2D eigenvalue weighted by molar-refractivity contribution is 0.0979. The van der Waals surface area contributed by atoms with Gasteiger partial charge in [-0.2, -0.15) is 0 Å². The molecule has 0 fully saturated rings. The molecule has 2 aromatic carbocycles. The van der Waals surface area contributed by atoms with Gasteiger partial charge in [-0.25, -0.2) is 4.39 Å². The third kappa shape index (κ3) is 3.42. The maximum absolute atomic E-state index is 13.6. The van der Waals surface area contributed by atoms with E-state index in [0.717, 1.165) is 11.1 Å². The summed E-state index contributed by atoms with van der Waals surface area (Å²) >= 11 is 5.66. The third-order valence-electron chi connectivity index (χ3n) is 3.11. The highest BCUT2D eigenvalue weighted by molar-refractivity contribution is 6.30. The molecule has 0 unspecified atom stereocenters. The highest BCUT2D eigenvalue weighted by atomic mass is 35.5. The molecule has 98 valence electrons. The van der Waals surface area contributed by atoms with Crippen molar-refractivity contribution in [1.29, 1.82) is 0 Å². The predicted octanol–water partition coefficient (Wildman–Crippen LogP) is 4.60. The standard InChI is InChI=1S/C16H14ClFO/c1-11-4-2-3-5-12(11)6-9-16(19)14-8-7-13(17)10-15(14)18/h2-5,7-8,10H,6,9H2,1H3. The molecule has 0 saturated heterocycles. The Bertz CT molecular complexity index is 607. The molecule has 3 heteroatoms. The number of Topliss-reactive ketones (excluding diaryl/α,β-unsaturated/α-hetero) is 1. The van der Waals surface area contributed by atoms with E-state index in [0.29, 0.717) is 17.9 Å². The van der Waals surface area contributed by atoms with Gasteiger partial charge in [0.15, 0.2) is 5.78 Å². The van der Waals surface area contributed by atoms with Crippen molar-refractivity contribution >= 4 is 17.4 Å². The smallest absolute Gasteiger partial charge is 0.166 e. The monoisotopic (exact) mass is 276 g/mol. The Morgan fingerprint density at radius 2 is 1.95 bits per heavy atom. The van der Waals surface area contributed by atoms with Crippen molar-refractivity contribution in [3.63, 3.8) is 0 Å². The van der Waals surface area contributed by atoms with Crippen molar-refractivity contribution in [2.75, 3.05) is 0 Å². The first-order chi connectivity index (χ1) is 9.08. The molecule has 1 nitrogen and oxygen atoms in total. The van der Waals surface area contributed by atoms with Crippen molar-refractivity contribution in [3.05, 3.63) is 70.0 Å². The zero-order valence-electron chi connectivity index (χ0n) is 10.6.